The maximum Gasteiger partial charge on any atom is 0.253 e. The van der Waals surface area contributed by atoms with Gasteiger partial charge in [0.05, 0.1) is 23.9 Å². The molecule has 1 N–H and O–H groups in total. The molecular formula is C26H22N6O2. The molecule has 0 radical (unpaired) electrons. The minimum Gasteiger partial charge on any atom is -0.387 e. The number of aromatic nitrogens is 5. The Bertz CT molecular complexity index is 1430. The van der Waals surface area contributed by atoms with Crippen LogP contribution in [0, 0.1) is 0 Å². The third-order valence-corrected chi connectivity index (χ3v) is 5.70. The Balaban J connectivity index is 1.54. The molecule has 0 aliphatic heterocycles. The zero-order valence-electron chi connectivity index (χ0n) is 18.5. The number of hydrogen-bond acceptors (Lipinski definition) is 6. The number of aliphatic hydroxyl groups excluding tert-OH is 1. The van der Waals surface area contributed by atoms with E-state index in [2.05, 4.69) is 20.5 Å². The fraction of sp³-hybridized carbons (Fsp3) is 0.115. The lowest BCUT2D eigenvalue weighted by atomic mass is 9.98. The second-order valence-corrected chi connectivity index (χ2v) is 8.02. The lowest BCUT2D eigenvalue weighted by Gasteiger charge is -2.22. The number of rotatable bonds is 6. The van der Waals surface area contributed by atoms with E-state index in [0.29, 0.717) is 11.3 Å². The van der Waals surface area contributed by atoms with Crippen LogP contribution in [-0.4, -0.2) is 54.7 Å². The zero-order chi connectivity index (χ0) is 23.5. The summed E-state index contributed by atoms with van der Waals surface area (Å²) < 4.78 is 1.51. The number of amides is 1. The monoisotopic (exact) mass is 450 g/mol. The summed E-state index contributed by atoms with van der Waals surface area (Å²) in [6, 6.07) is 24.6. The number of likely N-dealkylation sites (N-methyl/N-ethyl adjacent to an activating group) is 1. The summed E-state index contributed by atoms with van der Waals surface area (Å²) in [7, 11) is 1.68. The summed E-state index contributed by atoms with van der Waals surface area (Å²) in [6.45, 7) is 0.156. The van der Waals surface area contributed by atoms with Crippen LogP contribution in [0.15, 0.2) is 91.4 Å². The fourth-order valence-corrected chi connectivity index (χ4v) is 3.98. The molecule has 0 unspecified atom stereocenters. The van der Waals surface area contributed by atoms with Gasteiger partial charge in [-0.3, -0.25) is 9.78 Å². The van der Waals surface area contributed by atoms with Crippen molar-refractivity contribution in [3.05, 3.63) is 103 Å². The van der Waals surface area contributed by atoms with Gasteiger partial charge in [0.25, 0.3) is 5.91 Å². The van der Waals surface area contributed by atoms with Crippen LogP contribution >= 0.6 is 0 Å². The van der Waals surface area contributed by atoms with Crippen LogP contribution < -0.4 is 0 Å². The van der Waals surface area contributed by atoms with Crippen molar-refractivity contribution in [2.75, 3.05) is 13.6 Å². The van der Waals surface area contributed by atoms with Crippen molar-refractivity contribution in [2.24, 2.45) is 0 Å². The predicted molar refractivity (Wildman–Crippen MR) is 128 cm³/mol. The van der Waals surface area contributed by atoms with Crippen LogP contribution in [-0.2, 0) is 0 Å². The van der Waals surface area contributed by atoms with E-state index in [1.165, 1.54) is 15.9 Å². The maximum atomic E-state index is 13.4. The molecule has 3 aromatic carbocycles. The average Bonchev–Trinajstić information content (AvgIpc) is 3.43. The molecule has 5 rings (SSSR count). The smallest absolute Gasteiger partial charge is 0.253 e. The highest BCUT2D eigenvalue weighted by Gasteiger charge is 2.19. The number of nitrogens with zero attached hydrogens (tertiary/aromatic N) is 6. The topological polar surface area (TPSA) is 97.0 Å². The van der Waals surface area contributed by atoms with E-state index in [9.17, 15) is 9.90 Å². The normalized spacial score (nSPS) is 11.9. The molecule has 0 bridgehead atoms. The van der Waals surface area contributed by atoms with Gasteiger partial charge < -0.3 is 10.0 Å². The van der Waals surface area contributed by atoms with Crippen molar-refractivity contribution in [1.29, 1.82) is 0 Å². The van der Waals surface area contributed by atoms with Gasteiger partial charge in [-0.15, -0.1) is 5.10 Å². The number of benzene rings is 3. The standard InChI is InChI=1S/C26H22N6O2/c1-31(16-24(33)18-7-3-2-4-8-18)26(34)21-13-20(14-22(15-21)32-17-28-29-30-32)23-11-5-9-19-10-6-12-27-25(19)23/h2-15,17,24,33H,16H2,1H3/t24-/m1/s1. The molecule has 34 heavy (non-hydrogen) atoms. The van der Waals surface area contributed by atoms with Gasteiger partial charge in [-0.25, -0.2) is 4.68 Å². The lowest BCUT2D eigenvalue weighted by molar-refractivity contribution is 0.0681. The molecule has 0 aliphatic carbocycles. The molecule has 5 aromatic rings. The lowest BCUT2D eigenvalue weighted by Crippen LogP contribution is -2.31. The van der Waals surface area contributed by atoms with Crippen molar-refractivity contribution in [1.82, 2.24) is 30.1 Å². The maximum absolute atomic E-state index is 13.4. The van der Waals surface area contributed by atoms with Gasteiger partial charge in [0.15, 0.2) is 0 Å². The van der Waals surface area contributed by atoms with Crippen molar-refractivity contribution >= 4 is 16.8 Å². The molecule has 0 aliphatic rings. The van der Waals surface area contributed by atoms with Crippen LogP contribution in [0.2, 0.25) is 0 Å². The Hall–Kier alpha value is -4.43. The summed E-state index contributed by atoms with van der Waals surface area (Å²) in [5.74, 6) is -0.223. The molecule has 168 valence electrons. The fourth-order valence-electron chi connectivity index (χ4n) is 3.98. The zero-order valence-corrected chi connectivity index (χ0v) is 18.5. The summed E-state index contributed by atoms with van der Waals surface area (Å²) >= 11 is 0. The average molecular weight is 451 g/mol. The number of pyridine rings is 1. The minimum absolute atomic E-state index is 0.156. The number of tetrazole rings is 1. The van der Waals surface area contributed by atoms with Crippen LogP contribution in [0.5, 0.6) is 0 Å². The van der Waals surface area contributed by atoms with Gasteiger partial charge in [-0.2, -0.15) is 0 Å². The number of carbonyl (C=O) groups is 1. The molecule has 2 aromatic heterocycles. The Morgan fingerprint density at radius 3 is 2.65 bits per heavy atom. The number of hydrogen-bond donors (Lipinski definition) is 1. The van der Waals surface area contributed by atoms with Crippen molar-refractivity contribution < 1.29 is 9.90 Å². The van der Waals surface area contributed by atoms with E-state index < -0.39 is 6.10 Å². The third-order valence-electron chi connectivity index (χ3n) is 5.70. The summed E-state index contributed by atoms with van der Waals surface area (Å²) in [5.41, 5.74) is 4.42. The number of fused-ring (bicyclic) bond motifs is 1. The highest BCUT2D eigenvalue weighted by Crippen LogP contribution is 2.30. The summed E-state index contributed by atoms with van der Waals surface area (Å²) in [4.78, 5) is 19.5. The van der Waals surface area contributed by atoms with Crippen LogP contribution in [0.25, 0.3) is 27.7 Å². The predicted octanol–water partition coefficient (Wildman–Crippen LogP) is 3.68. The molecule has 8 heteroatoms. The minimum atomic E-state index is -0.792. The molecule has 0 spiro atoms. The highest BCUT2D eigenvalue weighted by atomic mass is 16.3. The van der Waals surface area contributed by atoms with Gasteiger partial charge in [-0.1, -0.05) is 54.6 Å². The molecular weight excluding hydrogens is 428 g/mol. The number of aliphatic hydroxyl groups is 1. The Kier molecular flexibility index (Phi) is 5.80. The first kappa shape index (κ1) is 21.4. The van der Waals surface area contributed by atoms with Crippen LogP contribution in [0.3, 0.4) is 0 Å². The Morgan fingerprint density at radius 1 is 1.03 bits per heavy atom. The van der Waals surface area contributed by atoms with Crippen molar-refractivity contribution in [3.63, 3.8) is 0 Å². The van der Waals surface area contributed by atoms with E-state index >= 15 is 0 Å². The number of para-hydroxylation sites is 1. The largest absolute Gasteiger partial charge is 0.387 e. The first-order valence-electron chi connectivity index (χ1n) is 10.8. The highest BCUT2D eigenvalue weighted by molar-refractivity contribution is 5.99. The van der Waals surface area contributed by atoms with Gasteiger partial charge >= 0.3 is 0 Å². The van der Waals surface area contributed by atoms with Crippen molar-refractivity contribution in [2.45, 2.75) is 6.10 Å². The first-order valence-corrected chi connectivity index (χ1v) is 10.8. The van der Waals surface area contributed by atoms with Crippen LogP contribution in [0.4, 0.5) is 0 Å². The summed E-state index contributed by atoms with van der Waals surface area (Å²) in [6.07, 6.45) is 2.44. The van der Waals surface area contributed by atoms with E-state index in [-0.39, 0.29) is 12.5 Å². The van der Waals surface area contributed by atoms with Crippen LogP contribution in [0.1, 0.15) is 22.0 Å². The summed E-state index contributed by atoms with van der Waals surface area (Å²) in [5, 5.41) is 23.1. The second kappa shape index (κ2) is 9.21. The third kappa shape index (κ3) is 4.26. The van der Waals surface area contributed by atoms with Gasteiger partial charge in [0, 0.05) is 29.8 Å². The molecule has 1 amide bonds. The molecule has 8 nitrogen and oxygen atoms in total. The van der Waals surface area contributed by atoms with Gasteiger partial charge in [0.1, 0.15) is 6.33 Å². The molecule has 1 atom stereocenters. The Labute approximate surface area is 196 Å². The van der Waals surface area contributed by atoms with E-state index in [4.69, 9.17) is 0 Å². The van der Waals surface area contributed by atoms with E-state index in [1.807, 2.05) is 72.8 Å². The number of carbonyl (C=O) groups excluding carboxylic acids is 1. The van der Waals surface area contributed by atoms with Gasteiger partial charge in [-0.05, 0) is 45.8 Å². The molecule has 0 saturated carbocycles. The van der Waals surface area contributed by atoms with Crippen molar-refractivity contribution in [3.8, 4) is 16.8 Å². The molecule has 2 heterocycles. The molecule has 0 fully saturated rings. The Morgan fingerprint density at radius 2 is 1.85 bits per heavy atom. The van der Waals surface area contributed by atoms with E-state index in [1.54, 1.807) is 19.3 Å². The van der Waals surface area contributed by atoms with E-state index in [0.717, 1.165) is 27.6 Å². The second-order valence-electron chi connectivity index (χ2n) is 8.02. The SMILES string of the molecule is CN(C[C@@H](O)c1ccccc1)C(=O)c1cc(-c2cccc3cccnc23)cc(-n2cnnn2)c1. The first-order chi connectivity index (χ1) is 16.6. The molecule has 0 saturated heterocycles. The quantitative estimate of drug-likeness (QED) is 0.424. The van der Waals surface area contributed by atoms with Gasteiger partial charge in [0.2, 0.25) is 0 Å².